The van der Waals surface area contributed by atoms with E-state index in [0.717, 1.165) is 29.5 Å². The normalized spacial score (nSPS) is 11.5. The molecule has 0 spiro atoms. The van der Waals surface area contributed by atoms with Gasteiger partial charge in [0.15, 0.2) is 0 Å². The quantitative estimate of drug-likeness (QED) is 0.582. The van der Waals surface area contributed by atoms with Crippen LogP contribution in [0.4, 0.5) is 0 Å². The number of carbonyl (C=O) groups is 1. The zero-order chi connectivity index (χ0) is 16.7. The minimum atomic E-state index is -1.04. The van der Waals surface area contributed by atoms with Crippen molar-refractivity contribution in [3.8, 4) is 5.75 Å². The van der Waals surface area contributed by atoms with Crippen LogP contribution >= 0.6 is 11.8 Å². The summed E-state index contributed by atoms with van der Waals surface area (Å²) in [6.07, 6.45) is 3.11. The van der Waals surface area contributed by atoms with E-state index in [0.29, 0.717) is 18.9 Å². The van der Waals surface area contributed by atoms with Crippen LogP contribution in [0.15, 0.2) is 38.8 Å². The summed E-state index contributed by atoms with van der Waals surface area (Å²) in [4.78, 5) is 11.5. The maximum atomic E-state index is 11.4. The van der Waals surface area contributed by atoms with Gasteiger partial charge in [-0.25, -0.2) is 4.79 Å². The maximum Gasteiger partial charge on any atom is 0.342 e. The number of nitrogens with zero attached hydrogens (tertiary/aromatic N) is 2. The van der Waals surface area contributed by atoms with Gasteiger partial charge in [-0.15, -0.1) is 10.2 Å². The molecule has 0 aliphatic rings. The lowest BCUT2D eigenvalue weighted by Gasteiger charge is -2.04. The SMILES string of the molecule is CCCOc1ccc(/C=C(/Sc2nnc(CC)o2)C(=O)O)cc1. The molecule has 122 valence electrons. The first kappa shape index (κ1) is 17.1. The molecule has 1 heterocycles. The van der Waals surface area contributed by atoms with Crippen molar-refractivity contribution in [2.75, 3.05) is 6.61 Å². The van der Waals surface area contributed by atoms with E-state index in [1.807, 2.05) is 26.0 Å². The van der Waals surface area contributed by atoms with E-state index >= 15 is 0 Å². The molecular weight excluding hydrogens is 316 g/mol. The van der Waals surface area contributed by atoms with Crippen LogP contribution in [0.1, 0.15) is 31.7 Å². The predicted octanol–water partition coefficient (Wildman–Crippen LogP) is 3.64. The highest BCUT2D eigenvalue weighted by molar-refractivity contribution is 8.03. The van der Waals surface area contributed by atoms with E-state index in [1.54, 1.807) is 18.2 Å². The Morgan fingerprint density at radius 3 is 2.61 bits per heavy atom. The lowest BCUT2D eigenvalue weighted by atomic mass is 10.2. The van der Waals surface area contributed by atoms with Crippen molar-refractivity contribution in [2.24, 2.45) is 0 Å². The number of carboxylic acid groups (broad SMARTS) is 1. The first-order valence-electron chi connectivity index (χ1n) is 7.30. The van der Waals surface area contributed by atoms with Gasteiger partial charge in [0, 0.05) is 6.42 Å². The van der Waals surface area contributed by atoms with E-state index in [2.05, 4.69) is 10.2 Å². The zero-order valence-corrected chi connectivity index (χ0v) is 13.8. The third kappa shape index (κ3) is 5.14. The summed E-state index contributed by atoms with van der Waals surface area (Å²) < 4.78 is 10.8. The Kier molecular flexibility index (Phi) is 6.22. The van der Waals surface area contributed by atoms with Crippen LogP contribution in [-0.2, 0) is 11.2 Å². The van der Waals surface area contributed by atoms with Crippen LogP contribution in [0.5, 0.6) is 5.75 Å². The molecule has 2 aromatic rings. The van der Waals surface area contributed by atoms with Crippen LogP contribution in [0.25, 0.3) is 6.08 Å². The molecule has 0 saturated heterocycles. The van der Waals surface area contributed by atoms with Gasteiger partial charge in [-0.05, 0) is 42.0 Å². The van der Waals surface area contributed by atoms with Crippen molar-refractivity contribution in [3.63, 3.8) is 0 Å². The maximum absolute atomic E-state index is 11.4. The molecule has 0 bridgehead atoms. The smallest absolute Gasteiger partial charge is 0.342 e. The molecule has 0 fully saturated rings. The molecule has 0 radical (unpaired) electrons. The van der Waals surface area contributed by atoms with Crippen molar-refractivity contribution >= 4 is 23.8 Å². The van der Waals surface area contributed by atoms with E-state index in [-0.39, 0.29) is 10.1 Å². The monoisotopic (exact) mass is 334 g/mol. The van der Waals surface area contributed by atoms with Gasteiger partial charge in [-0.2, -0.15) is 0 Å². The number of benzene rings is 1. The fourth-order valence-corrected chi connectivity index (χ4v) is 2.37. The van der Waals surface area contributed by atoms with Gasteiger partial charge < -0.3 is 14.3 Å². The van der Waals surface area contributed by atoms with Gasteiger partial charge in [0.05, 0.1) is 6.61 Å². The van der Waals surface area contributed by atoms with Gasteiger partial charge in [0.1, 0.15) is 10.7 Å². The molecule has 0 aliphatic carbocycles. The Morgan fingerprint density at radius 1 is 1.30 bits per heavy atom. The summed E-state index contributed by atoms with van der Waals surface area (Å²) in [5.74, 6) is 0.199. The number of carboxylic acids is 1. The second kappa shape index (κ2) is 8.38. The van der Waals surface area contributed by atoms with Crippen molar-refractivity contribution in [1.29, 1.82) is 0 Å². The minimum absolute atomic E-state index is 0.110. The Morgan fingerprint density at radius 2 is 2.04 bits per heavy atom. The predicted molar refractivity (Wildman–Crippen MR) is 87.4 cm³/mol. The summed E-state index contributed by atoms with van der Waals surface area (Å²) in [6, 6.07) is 7.24. The molecule has 23 heavy (non-hydrogen) atoms. The molecule has 0 saturated carbocycles. The molecule has 1 aromatic heterocycles. The van der Waals surface area contributed by atoms with Crippen LogP contribution in [0.2, 0.25) is 0 Å². The van der Waals surface area contributed by atoms with Crippen LogP contribution in [-0.4, -0.2) is 27.9 Å². The largest absolute Gasteiger partial charge is 0.494 e. The molecular formula is C16H18N2O4S. The molecule has 0 aliphatic heterocycles. The van der Waals surface area contributed by atoms with Crippen molar-refractivity contribution in [2.45, 2.75) is 31.9 Å². The van der Waals surface area contributed by atoms with E-state index in [9.17, 15) is 9.90 Å². The number of aryl methyl sites for hydroxylation is 1. The average Bonchev–Trinajstić information content (AvgIpc) is 3.01. The number of rotatable bonds is 8. The second-order valence-electron chi connectivity index (χ2n) is 4.65. The van der Waals surface area contributed by atoms with Gasteiger partial charge in [0.2, 0.25) is 5.89 Å². The highest BCUT2D eigenvalue weighted by Crippen LogP contribution is 2.28. The Balaban J connectivity index is 2.13. The van der Waals surface area contributed by atoms with Crippen molar-refractivity contribution in [3.05, 3.63) is 40.6 Å². The second-order valence-corrected chi connectivity index (χ2v) is 5.64. The minimum Gasteiger partial charge on any atom is -0.494 e. The fraction of sp³-hybridized carbons (Fsp3) is 0.312. The van der Waals surface area contributed by atoms with E-state index in [4.69, 9.17) is 9.15 Å². The standard InChI is InChI=1S/C16H18N2O4S/c1-3-9-21-12-7-5-11(6-8-12)10-13(15(19)20)23-16-18-17-14(4-2)22-16/h5-8,10H,3-4,9H2,1-2H3,(H,19,20)/b13-10+. The molecule has 2 rings (SSSR count). The summed E-state index contributed by atoms with van der Waals surface area (Å²) in [7, 11) is 0. The number of aliphatic carboxylic acids is 1. The van der Waals surface area contributed by atoms with Gasteiger partial charge in [-0.3, -0.25) is 0 Å². The first-order valence-corrected chi connectivity index (χ1v) is 8.12. The van der Waals surface area contributed by atoms with Gasteiger partial charge in [-0.1, -0.05) is 26.0 Å². The highest BCUT2D eigenvalue weighted by atomic mass is 32.2. The molecule has 1 aromatic carbocycles. The van der Waals surface area contributed by atoms with Crippen LogP contribution in [0, 0.1) is 0 Å². The number of ether oxygens (including phenoxy) is 1. The van der Waals surface area contributed by atoms with E-state index < -0.39 is 5.97 Å². The van der Waals surface area contributed by atoms with Crippen molar-refractivity contribution in [1.82, 2.24) is 10.2 Å². The molecule has 7 heteroatoms. The molecule has 1 N–H and O–H groups in total. The number of hydrogen-bond acceptors (Lipinski definition) is 6. The molecule has 0 atom stereocenters. The average molecular weight is 334 g/mol. The molecule has 0 unspecified atom stereocenters. The fourth-order valence-electron chi connectivity index (χ4n) is 1.68. The van der Waals surface area contributed by atoms with Crippen LogP contribution in [0.3, 0.4) is 0 Å². The van der Waals surface area contributed by atoms with Crippen molar-refractivity contribution < 1.29 is 19.1 Å². The van der Waals surface area contributed by atoms with Crippen LogP contribution < -0.4 is 4.74 Å². The first-order chi connectivity index (χ1) is 11.1. The number of thioether (sulfide) groups is 1. The molecule has 0 amide bonds. The Labute approximate surface area is 138 Å². The Hall–Kier alpha value is -2.28. The Bertz CT molecular complexity index is 680. The van der Waals surface area contributed by atoms with Gasteiger partial charge in [0.25, 0.3) is 5.22 Å². The highest BCUT2D eigenvalue weighted by Gasteiger charge is 2.14. The topological polar surface area (TPSA) is 85.5 Å². The zero-order valence-electron chi connectivity index (χ0n) is 13.0. The lowest BCUT2D eigenvalue weighted by molar-refractivity contribution is -0.131. The number of hydrogen-bond donors (Lipinski definition) is 1. The third-order valence-corrected chi connectivity index (χ3v) is 3.66. The molecule has 6 nitrogen and oxygen atoms in total. The third-order valence-electron chi connectivity index (χ3n) is 2.81. The number of aromatic nitrogens is 2. The summed E-state index contributed by atoms with van der Waals surface area (Å²) in [5, 5.41) is 17.2. The summed E-state index contributed by atoms with van der Waals surface area (Å²) in [5.41, 5.74) is 0.758. The van der Waals surface area contributed by atoms with Gasteiger partial charge >= 0.3 is 5.97 Å². The lowest BCUT2D eigenvalue weighted by Crippen LogP contribution is -1.97. The van der Waals surface area contributed by atoms with E-state index in [1.165, 1.54) is 0 Å². The summed E-state index contributed by atoms with van der Waals surface area (Å²) >= 11 is 0.936. The summed E-state index contributed by atoms with van der Waals surface area (Å²) in [6.45, 7) is 4.58.